The maximum atomic E-state index is 13.8. The predicted octanol–water partition coefficient (Wildman–Crippen LogP) is 3.49. The van der Waals surface area contributed by atoms with Crippen LogP contribution in [0.25, 0.3) is 65.4 Å². The Bertz CT molecular complexity index is 2500. The molecule has 36 heavy (non-hydrogen) atoms. The van der Waals surface area contributed by atoms with Crippen molar-refractivity contribution < 1.29 is 0 Å². The minimum atomic E-state index is -0.467. The molecule has 4 aromatic heterocycles. The summed E-state index contributed by atoms with van der Waals surface area (Å²) < 4.78 is 2.67. The number of para-hydroxylation sites is 2. The number of pyridine rings is 2. The van der Waals surface area contributed by atoms with Gasteiger partial charge in [0, 0.05) is 32.3 Å². The quantitative estimate of drug-likeness (QED) is 0.261. The minimum absolute atomic E-state index is 0.299. The molecule has 0 bridgehead atoms. The maximum Gasteiger partial charge on any atom is 0.268 e. The van der Waals surface area contributed by atoms with E-state index in [0.717, 1.165) is 4.40 Å². The first-order valence-corrected chi connectivity index (χ1v) is 11.4. The lowest BCUT2D eigenvalue weighted by Gasteiger charge is -2.16. The molecule has 8 heteroatoms. The van der Waals surface area contributed by atoms with Crippen molar-refractivity contribution in [2.45, 2.75) is 0 Å². The van der Waals surface area contributed by atoms with E-state index in [-0.39, 0.29) is 11.1 Å². The van der Waals surface area contributed by atoms with Gasteiger partial charge in [-0.05, 0) is 48.5 Å². The van der Waals surface area contributed by atoms with E-state index in [1.807, 2.05) is 6.07 Å². The Hall–Kier alpha value is -5.24. The van der Waals surface area contributed by atoms with Crippen LogP contribution < -0.4 is 22.2 Å². The molecular formula is C28H14N4O4. The van der Waals surface area contributed by atoms with E-state index in [1.54, 1.807) is 66.7 Å². The normalized spacial score (nSPS) is 12.3. The van der Waals surface area contributed by atoms with Gasteiger partial charge >= 0.3 is 0 Å². The van der Waals surface area contributed by atoms with Gasteiger partial charge in [-0.3, -0.25) is 23.6 Å². The summed E-state index contributed by atoms with van der Waals surface area (Å²) in [5.74, 6) is 0. The zero-order valence-electron chi connectivity index (χ0n) is 18.5. The third kappa shape index (κ3) is 2.10. The summed E-state index contributed by atoms with van der Waals surface area (Å²) >= 11 is 0. The fraction of sp³-hybridized carbons (Fsp3) is 0. The highest BCUT2D eigenvalue weighted by Gasteiger charge is 2.21. The first-order valence-electron chi connectivity index (χ1n) is 11.4. The number of hydrogen-bond donors (Lipinski definition) is 2. The van der Waals surface area contributed by atoms with Gasteiger partial charge in [-0.2, -0.15) is 0 Å². The van der Waals surface area contributed by atoms with Crippen molar-refractivity contribution >= 4 is 65.4 Å². The Morgan fingerprint density at radius 1 is 0.472 bits per heavy atom. The van der Waals surface area contributed by atoms with Gasteiger partial charge in [-0.25, -0.2) is 4.40 Å². The standard InChI is InChI=1S/C28H14N4O4/c33-25-14-6-2-4-8-20(14)31-24(30-25)16-10-12-18-21-15(9-11-17(22(16)21)27(31)35)23-29-19-7-3-1-5-13(19)26(34)32(23)28(18)36/h1-12,29H,(H,30,33). The van der Waals surface area contributed by atoms with Crippen molar-refractivity contribution in [1.29, 1.82) is 0 Å². The van der Waals surface area contributed by atoms with Gasteiger partial charge in [-0.15, -0.1) is 0 Å². The highest BCUT2D eigenvalue weighted by Crippen LogP contribution is 2.35. The highest BCUT2D eigenvalue weighted by molar-refractivity contribution is 6.27. The fourth-order valence-electron chi connectivity index (χ4n) is 5.66. The number of hydrogen-bond acceptors (Lipinski definition) is 4. The van der Waals surface area contributed by atoms with Crippen LogP contribution in [-0.4, -0.2) is 18.8 Å². The maximum absolute atomic E-state index is 13.8. The molecule has 0 fully saturated rings. The summed E-state index contributed by atoms with van der Waals surface area (Å²) in [4.78, 5) is 59.8. The molecule has 8 aromatic rings. The fourth-order valence-corrected chi connectivity index (χ4v) is 5.66. The van der Waals surface area contributed by atoms with Gasteiger partial charge in [-0.1, -0.05) is 24.3 Å². The molecule has 0 aliphatic carbocycles. The molecule has 0 atom stereocenters. The van der Waals surface area contributed by atoms with Crippen molar-refractivity contribution in [2.24, 2.45) is 0 Å². The summed E-state index contributed by atoms with van der Waals surface area (Å²) in [5, 5.41) is 4.00. The van der Waals surface area contributed by atoms with Crippen LogP contribution in [0.2, 0.25) is 0 Å². The zero-order chi connectivity index (χ0) is 24.3. The lowest BCUT2D eigenvalue weighted by Crippen LogP contribution is -2.28. The first kappa shape index (κ1) is 19.1. The number of H-pyrrole nitrogens is 2. The van der Waals surface area contributed by atoms with E-state index in [4.69, 9.17) is 0 Å². The van der Waals surface area contributed by atoms with Gasteiger partial charge in [0.15, 0.2) is 0 Å². The molecule has 2 N–H and O–H groups in total. The smallest absolute Gasteiger partial charge is 0.268 e. The van der Waals surface area contributed by atoms with Crippen LogP contribution in [0.15, 0.2) is 92.0 Å². The molecule has 0 aliphatic heterocycles. The van der Waals surface area contributed by atoms with Crippen LogP contribution in [0.3, 0.4) is 0 Å². The Balaban J connectivity index is 1.72. The number of aromatic nitrogens is 4. The zero-order valence-corrected chi connectivity index (χ0v) is 18.5. The average molecular weight is 470 g/mol. The number of nitrogens with one attached hydrogen (secondary N) is 2. The molecule has 0 aliphatic rings. The second kappa shape index (κ2) is 6.25. The van der Waals surface area contributed by atoms with Crippen molar-refractivity contribution in [3.8, 4) is 0 Å². The average Bonchev–Trinajstić information content (AvgIpc) is 2.90. The molecule has 170 valence electrons. The third-order valence-electron chi connectivity index (χ3n) is 7.22. The van der Waals surface area contributed by atoms with E-state index in [2.05, 4.69) is 9.97 Å². The topological polar surface area (TPSA) is 109 Å². The van der Waals surface area contributed by atoms with Crippen molar-refractivity contribution in [3.63, 3.8) is 0 Å². The summed E-state index contributed by atoms with van der Waals surface area (Å²) in [6.07, 6.45) is 0. The lowest BCUT2D eigenvalue weighted by atomic mass is 9.96. The lowest BCUT2D eigenvalue weighted by molar-refractivity contribution is 1.05. The number of nitrogens with zero attached hydrogens (tertiary/aromatic N) is 2. The second-order valence-corrected chi connectivity index (χ2v) is 9.00. The van der Waals surface area contributed by atoms with Crippen LogP contribution in [0.5, 0.6) is 0 Å². The first-order chi connectivity index (χ1) is 17.5. The van der Waals surface area contributed by atoms with Crippen LogP contribution in [0.4, 0.5) is 0 Å². The Kier molecular flexibility index (Phi) is 3.32. The number of rotatable bonds is 0. The van der Waals surface area contributed by atoms with Crippen LogP contribution in [0.1, 0.15) is 0 Å². The van der Waals surface area contributed by atoms with Crippen LogP contribution >= 0.6 is 0 Å². The van der Waals surface area contributed by atoms with Crippen molar-refractivity contribution in [1.82, 2.24) is 18.8 Å². The van der Waals surface area contributed by atoms with Gasteiger partial charge in [0.1, 0.15) is 11.3 Å². The summed E-state index contributed by atoms with van der Waals surface area (Å²) in [7, 11) is 0. The Labute approximate surface area is 198 Å². The van der Waals surface area contributed by atoms with E-state index in [0.29, 0.717) is 65.4 Å². The third-order valence-corrected chi connectivity index (χ3v) is 7.22. The molecule has 0 spiro atoms. The SMILES string of the molecule is O=c1[nH]c2c3ccc4c(=O)n5c(=O)c6ccccc6[nH]c5c5ccc(c(=O)n2c2ccccc12)c3c45. The second-order valence-electron chi connectivity index (χ2n) is 9.00. The van der Waals surface area contributed by atoms with E-state index >= 15 is 0 Å². The van der Waals surface area contributed by atoms with Crippen LogP contribution in [-0.2, 0) is 0 Å². The molecular weight excluding hydrogens is 456 g/mol. The molecule has 0 amide bonds. The largest absolute Gasteiger partial charge is 0.340 e. The number of aromatic amines is 2. The summed E-state index contributed by atoms with van der Waals surface area (Å²) in [6.45, 7) is 0. The highest BCUT2D eigenvalue weighted by atomic mass is 16.2. The van der Waals surface area contributed by atoms with Gasteiger partial charge in [0.2, 0.25) is 0 Å². The predicted molar refractivity (Wildman–Crippen MR) is 141 cm³/mol. The summed E-state index contributed by atoms with van der Waals surface area (Å²) in [6, 6.07) is 20.9. The summed E-state index contributed by atoms with van der Waals surface area (Å²) in [5.41, 5.74) is 0.358. The van der Waals surface area contributed by atoms with E-state index in [9.17, 15) is 19.2 Å². The molecule has 0 saturated heterocycles. The molecule has 8 rings (SSSR count). The number of benzene rings is 4. The van der Waals surface area contributed by atoms with Gasteiger partial charge in [0.25, 0.3) is 22.2 Å². The van der Waals surface area contributed by atoms with Crippen molar-refractivity contribution in [2.75, 3.05) is 0 Å². The molecule has 4 heterocycles. The Morgan fingerprint density at radius 2 is 1.00 bits per heavy atom. The molecule has 0 saturated carbocycles. The molecule has 8 nitrogen and oxygen atoms in total. The van der Waals surface area contributed by atoms with Gasteiger partial charge < -0.3 is 9.97 Å². The van der Waals surface area contributed by atoms with E-state index < -0.39 is 11.1 Å². The molecule has 0 unspecified atom stereocenters. The van der Waals surface area contributed by atoms with E-state index in [1.165, 1.54) is 4.40 Å². The van der Waals surface area contributed by atoms with Gasteiger partial charge in [0.05, 0.1) is 21.8 Å². The molecule has 4 aromatic carbocycles. The molecule has 0 radical (unpaired) electrons. The monoisotopic (exact) mass is 470 g/mol. The van der Waals surface area contributed by atoms with Crippen molar-refractivity contribution in [3.05, 3.63) is 114 Å². The minimum Gasteiger partial charge on any atom is -0.340 e. The Morgan fingerprint density at radius 3 is 1.72 bits per heavy atom. The van der Waals surface area contributed by atoms with Crippen LogP contribution in [0, 0.1) is 0 Å². The number of fused-ring (bicyclic) bond motifs is 7.